The van der Waals surface area contributed by atoms with E-state index in [0.29, 0.717) is 24.2 Å². The zero-order valence-electron chi connectivity index (χ0n) is 14.1. The van der Waals surface area contributed by atoms with Gasteiger partial charge in [-0.15, -0.1) is 0 Å². The summed E-state index contributed by atoms with van der Waals surface area (Å²) in [5.41, 5.74) is 1.07. The lowest BCUT2D eigenvalue weighted by molar-refractivity contribution is -0.137. The van der Waals surface area contributed by atoms with Crippen LogP contribution in [0.1, 0.15) is 6.42 Å². The van der Waals surface area contributed by atoms with Crippen molar-refractivity contribution in [3.8, 4) is 0 Å². The highest BCUT2D eigenvalue weighted by Gasteiger charge is 2.39. The second-order valence-corrected chi connectivity index (χ2v) is 6.00. The molecule has 0 radical (unpaired) electrons. The highest BCUT2D eigenvalue weighted by Crippen LogP contribution is 2.31. The van der Waals surface area contributed by atoms with Gasteiger partial charge < -0.3 is 20.6 Å². The van der Waals surface area contributed by atoms with E-state index in [9.17, 15) is 14.4 Å². The second kappa shape index (κ2) is 7.26. The van der Waals surface area contributed by atoms with Crippen molar-refractivity contribution in [1.29, 1.82) is 0 Å². The first-order valence-electron chi connectivity index (χ1n) is 8.08. The Morgan fingerprint density at radius 3 is 2.92 bits per heavy atom. The number of carboxylic acid groups (broad SMARTS) is 1. The van der Waals surface area contributed by atoms with E-state index in [1.54, 1.807) is 17.2 Å². The number of carbonyl (C=O) groups excluding carboxylic acids is 2. The Hall–Kier alpha value is -3.36. The van der Waals surface area contributed by atoms with E-state index in [4.69, 9.17) is 5.11 Å². The van der Waals surface area contributed by atoms with Gasteiger partial charge in [0, 0.05) is 24.9 Å². The van der Waals surface area contributed by atoms with Gasteiger partial charge >= 0.3 is 5.97 Å². The molecule has 0 saturated carbocycles. The summed E-state index contributed by atoms with van der Waals surface area (Å²) >= 11 is 0. The van der Waals surface area contributed by atoms with Gasteiger partial charge in [0.05, 0.1) is 5.57 Å². The molecule has 3 rings (SSSR count). The number of carbonyl (C=O) groups is 3. The summed E-state index contributed by atoms with van der Waals surface area (Å²) in [6.45, 7) is -0.449. The zero-order chi connectivity index (χ0) is 18.7. The average molecular weight is 357 g/mol. The largest absolute Gasteiger partial charge is 0.480 e. The van der Waals surface area contributed by atoms with Crippen LogP contribution in [0.5, 0.6) is 0 Å². The Morgan fingerprint density at radius 1 is 1.46 bits per heavy atom. The third kappa shape index (κ3) is 3.37. The van der Waals surface area contributed by atoms with Crippen molar-refractivity contribution in [3.05, 3.63) is 47.9 Å². The van der Waals surface area contributed by atoms with Gasteiger partial charge in [-0.2, -0.15) is 5.10 Å². The number of nitrogens with one attached hydrogen (secondary N) is 2. The molecule has 26 heavy (non-hydrogen) atoms. The number of amidine groups is 1. The third-order valence-corrected chi connectivity index (χ3v) is 4.30. The van der Waals surface area contributed by atoms with E-state index < -0.39 is 18.4 Å². The lowest BCUT2D eigenvalue weighted by Crippen LogP contribution is -2.45. The van der Waals surface area contributed by atoms with Crippen LogP contribution in [0, 0.1) is 5.92 Å². The van der Waals surface area contributed by atoms with Crippen LogP contribution in [0.4, 0.5) is 0 Å². The van der Waals surface area contributed by atoms with Crippen LogP contribution in [0.15, 0.2) is 53.0 Å². The fraction of sp³-hybridized carbons (Fsp3) is 0.294. The Morgan fingerprint density at radius 2 is 2.27 bits per heavy atom. The molecule has 2 amide bonds. The number of aliphatic carboxylic acids is 1. The number of hydrogen-bond acceptors (Lipinski definition) is 6. The molecule has 3 aliphatic rings. The number of nitrogens with zero attached hydrogens (tertiary/aromatic N) is 3. The summed E-state index contributed by atoms with van der Waals surface area (Å²) in [6.07, 6.45) is 12.2. The van der Waals surface area contributed by atoms with Gasteiger partial charge in [0.2, 0.25) is 6.41 Å². The standard InChI is InChI=1S/C17H19N5O4/c1-21-17(11-4-6-12(7-5-11)19-10-23)22-8-2-3-13(15(22)20-21)16(26)18-9-14(24)25/h2-4,6-8,10-11,17H,5,9H2,1H3,(H,18,26)(H,19,23)(H,24,25). The number of allylic oxidation sites excluding steroid dienone is 4. The van der Waals surface area contributed by atoms with Crippen LogP contribution < -0.4 is 10.6 Å². The molecule has 0 saturated heterocycles. The third-order valence-electron chi connectivity index (χ3n) is 4.30. The van der Waals surface area contributed by atoms with Crippen molar-refractivity contribution in [2.24, 2.45) is 11.0 Å². The number of hydrogen-bond donors (Lipinski definition) is 3. The molecule has 0 bridgehead atoms. The first-order chi connectivity index (χ1) is 12.5. The van der Waals surface area contributed by atoms with Crippen molar-refractivity contribution in [3.63, 3.8) is 0 Å². The number of carboxylic acids is 1. The average Bonchev–Trinajstić information content (AvgIpc) is 2.96. The Balaban J connectivity index is 1.74. The van der Waals surface area contributed by atoms with E-state index in [1.807, 2.05) is 36.4 Å². The number of hydrazone groups is 1. The lowest BCUT2D eigenvalue weighted by atomic mass is 9.94. The first kappa shape index (κ1) is 17.5. The van der Waals surface area contributed by atoms with Crippen LogP contribution >= 0.6 is 0 Å². The van der Waals surface area contributed by atoms with Gasteiger partial charge in [0.15, 0.2) is 5.84 Å². The van der Waals surface area contributed by atoms with Crippen LogP contribution in [-0.4, -0.2) is 58.9 Å². The minimum absolute atomic E-state index is 0.101. The molecule has 2 unspecified atom stereocenters. The number of rotatable bonds is 6. The predicted molar refractivity (Wildman–Crippen MR) is 93.2 cm³/mol. The summed E-state index contributed by atoms with van der Waals surface area (Å²) in [6, 6.07) is 0. The SMILES string of the molecule is CN1N=C2C(C(=O)NCC(=O)O)=CC=CN2C1C1C=CC(NC=O)=CC1. The first-order valence-corrected chi connectivity index (χ1v) is 8.08. The lowest BCUT2D eigenvalue weighted by Gasteiger charge is -2.34. The van der Waals surface area contributed by atoms with Crippen LogP contribution in [-0.2, 0) is 14.4 Å². The molecule has 2 heterocycles. The molecule has 3 N–H and O–H groups in total. The summed E-state index contributed by atoms with van der Waals surface area (Å²) in [7, 11) is 1.83. The molecule has 9 heteroatoms. The maximum atomic E-state index is 12.3. The van der Waals surface area contributed by atoms with E-state index in [-0.39, 0.29) is 12.1 Å². The van der Waals surface area contributed by atoms with Gasteiger partial charge in [-0.3, -0.25) is 19.4 Å². The van der Waals surface area contributed by atoms with Crippen molar-refractivity contribution >= 4 is 24.1 Å². The molecule has 9 nitrogen and oxygen atoms in total. The molecule has 0 aromatic carbocycles. The monoisotopic (exact) mass is 357 g/mol. The van der Waals surface area contributed by atoms with Crippen molar-refractivity contribution < 1.29 is 19.5 Å². The van der Waals surface area contributed by atoms with Crippen molar-refractivity contribution in [2.45, 2.75) is 12.6 Å². The maximum Gasteiger partial charge on any atom is 0.322 e. The molecule has 136 valence electrons. The summed E-state index contributed by atoms with van der Waals surface area (Å²) < 4.78 is 0. The van der Waals surface area contributed by atoms with Crippen LogP contribution in [0.25, 0.3) is 0 Å². The Bertz CT molecular complexity index is 780. The smallest absolute Gasteiger partial charge is 0.322 e. The highest BCUT2D eigenvalue weighted by atomic mass is 16.4. The van der Waals surface area contributed by atoms with Gasteiger partial charge in [-0.05, 0) is 24.6 Å². The van der Waals surface area contributed by atoms with Crippen molar-refractivity contribution in [2.75, 3.05) is 13.6 Å². The fourth-order valence-electron chi connectivity index (χ4n) is 3.17. The summed E-state index contributed by atoms with van der Waals surface area (Å²) in [4.78, 5) is 35.4. The van der Waals surface area contributed by atoms with Gasteiger partial charge in [0.1, 0.15) is 12.7 Å². The van der Waals surface area contributed by atoms with Gasteiger partial charge in [-0.1, -0.05) is 12.2 Å². The van der Waals surface area contributed by atoms with E-state index in [1.165, 1.54) is 0 Å². The number of amides is 2. The molecule has 1 aliphatic carbocycles. The molecule has 2 atom stereocenters. The summed E-state index contributed by atoms with van der Waals surface area (Å²) in [5, 5.41) is 20.0. The van der Waals surface area contributed by atoms with Crippen LogP contribution in [0.3, 0.4) is 0 Å². The Kier molecular flexibility index (Phi) is 4.87. The quantitative estimate of drug-likeness (QED) is 0.564. The van der Waals surface area contributed by atoms with Gasteiger partial charge in [-0.25, -0.2) is 0 Å². The predicted octanol–water partition coefficient (Wildman–Crippen LogP) is -0.266. The van der Waals surface area contributed by atoms with Gasteiger partial charge in [0.25, 0.3) is 5.91 Å². The molecule has 0 spiro atoms. The molecule has 0 fully saturated rings. The van der Waals surface area contributed by atoms with Crippen LogP contribution in [0.2, 0.25) is 0 Å². The Labute approximate surface area is 150 Å². The minimum Gasteiger partial charge on any atom is -0.480 e. The van der Waals surface area contributed by atoms with E-state index >= 15 is 0 Å². The topological polar surface area (TPSA) is 114 Å². The highest BCUT2D eigenvalue weighted by molar-refractivity contribution is 6.22. The fourth-order valence-corrected chi connectivity index (χ4v) is 3.17. The normalized spacial score (nSPS) is 23.7. The van der Waals surface area contributed by atoms with Crippen molar-refractivity contribution in [1.82, 2.24) is 20.5 Å². The van der Waals surface area contributed by atoms with E-state index in [2.05, 4.69) is 15.7 Å². The maximum absolute atomic E-state index is 12.3. The number of fused-ring (bicyclic) bond motifs is 1. The summed E-state index contributed by atoms with van der Waals surface area (Å²) in [5.74, 6) is -1.00. The minimum atomic E-state index is -1.11. The molecule has 0 aromatic rings. The molecular weight excluding hydrogens is 338 g/mol. The second-order valence-electron chi connectivity index (χ2n) is 6.00. The molecule has 2 aliphatic heterocycles. The van der Waals surface area contributed by atoms with E-state index in [0.717, 1.165) is 5.70 Å². The molecule has 0 aromatic heterocycles. The molecular formula is C17H19N5O4. The zero-order valence-corrected chi connectivity index (χ0v) is 14.1.